The van der Waals surface area contributed by atoms with Gasteiger partial charge in [-0.2, -0.15) is 35.3 Å². The molecule has 3 aliphatic rings. The standard InChI is InChI=1S/C12H20S5/c1-2-9(13-5-11-6-15-11)4-10(3-1)14-7-12-8-16-17-12/h9-12H,1-8H2. The van der Waals surface area contributed by atoms with E-state index in [4.69, 9.17) is 0 Å². The van der Waals surface area contributed by atoms with E-state index in [0.717, 1.165) is 21.0 Å². The Balaban J connectivity index is 1.33. The molecule has 0 N–H and O–H groups in total. The molecule has 0 spiro atoms. The fourth-order valence-corrected chi connectivity index (χ4v) is 8.59. The lowest BCUT2D eigenvalue weighted by Gasteiger charge is -2.31. The first-order valence-electron chi connectivity index (χ1n) is 6.53. The highest BCUT2D eigenvalue weighted by Gasteiger charge is 2.28. The monoisotopic (exact) mass is 324 g/mol. The van der Waals surface area contributed by atoms with Crippen LogP contribution >= 0.6 is 56.9 Å². The summed E-state index contributed by atoms with van der Waals surface area (Å²) in [6.07, 6.45) is 5.97. The van der Waals surface area contributed by atoms with Crippen molar-refractivity contribution in [2.45, 2.75) is 46.7 Å². The topological polar surface area (TPSA) is 0 Å². The van der Waals surface area contributed by atoms with Crippen LogP contribution in [0.15, 0.2) is 0 Å². The molecule has 5 heteroatoms. The zero-order chi connectivity index (χ0) is 11.5. The summed E-state index contributed by atoms with van der Waals surface area (Å²) in [6.45, 7) is 0. The fraction of sp³-hybridized carbons (Fsp3) is 1.00. The van der Waals surface area contributed by atoms with Crippen molar-refractivity contribution in [2.75, 3.05) is 23.0 Å². The summed E-state index contributed by atoms with van der Waals surface area (Å²) in [7, 11) is 4.15. The molecular formula is C12H20S5. The summed E-state index contributed by atoms with van der Waals surface area (Å²) in [5, 5.41) is 3.97. The second-order valence-corrected chi connectivity index (χ2v) is 11.7. The maximum atomic E-state index is 2.28. The summed E-state index contributed by atoms with van der Waals surface area (Å²) in [5.74, 6) is 5.69. The Morgan fingerprint density at radius 3 is 2.12 bits per heavy atom. The number of hydrogen-bond acceptors (Lipinski definition) is 5. The first-order valence-corrected chi connectivity index (χ1v) is 12.1. The third kappa shape index (κ3) is 4.66. The van der Waals surface area contributed by atoms with Gasteiger partial charge in [0.2, 0.25) is 0 Å². The minimum atomic E-state index is 0.973. The molecule has 3 rings (SSSR count). The summed E-state index contributed by atoms with van der Waals surface area (Å²) < 4.78 is 0. The zero-order valence-corrected chi connectivity index (χ0v) is 14.1. The summed E-state index contributed by atoms with van der Waals surface area (Å²) in [4.78, 5) is 0. The van der Waals surface area contributed by atoms with Gasteiger partial charge >= 0.3 is 0 Å². The SMILES string of the molecule is C1CC(SCC2CS2)CC(SCC2CSS2)C1. The molecule has 0 aromatic rings. The third-order valence-corrected chi connectivity index (χ3v) is 11.0. The van der Waals surface area contributed by atoms with Crippen LogP contribution in [0.25, 0.3) is 0 Å². The van der Waals surface area contributed by atoms with Crippen LogP contribution in [0.4, 0.5) is 0 Å². The van der Waals surface area contributed by atoms with Crippen molar-refractivity contribution < 1.29 is 0 Å². The van der Waals surface area contributed by atoms with E-state index in [1.54, 1.807) is 0 Å². The molecule has 0 aromatic carbocycles. The minimum absolute atomic E-state index is 0.973. The van der Waals surface area contributed by atoms with Crippen molar-refractivity contribution in [1.82, 2.24) is 0 Å². The van der Waals surface area contributed by atoms with Crippen molar-refractivity contribution in [1.29, 1.82) is 0 Å². The molecule has 17 heavy (non-hydrogen) atoms. The quantitative estimate of drug-likeness (QED) is 0.514. The van der Waals surface area contributed by atoms with Crippen molar-refractivity contribution in [3.05, 3.63) is 0 Å². The maximum Gasteiger partial charge on any atom is 0.0341 e. The average Bonchev–Trinajstić information content (AvgIpc) is 3.09. The lowest BCUT2D eigenvalue weighted by atomic mass is 10.00. The van der Waals surface area contributed by atoms with Crippen molar-refractivity contribution in [2.24, 2.45) is 0 Å². The highest BCUT2D eigenvalue weighted by Crippen LogP contribution is 2.44. The summed E-state index contributed by atoms with van der Waals surface area (Å²) in [5.41, 5.74) is 0. The third-order valence-electron chi connectivity index (χ3n) is 3.47. The summed E-state index contributed by atoms with van der Waals surface area (Å²) in [6, 6.07) is 0. The minimum Gasteiger partial charge on any atom is -0.157 e. The van der Waals surface area contributed by atoms with Crippen LogP contribution < -0.4 is 0 Å². The van der Waals surface area contributed by atoms with Gasteiger partial charge in [0.15, 0.2) is 0 Å². The molecule has 0 bridgehead atoms. The molecule has 0 amide bonds. The molecule has 98 valence electrons. The number of thioether (sulfide) groups is 3. The van der Waals surface area contributed by atoms with Crippen LogP contribution in [-0.4, -0.2) is 44.0 Å². The molecule has 1 aliphatic carbocycles. The Kier molecular flexibility index (Phi) is 5.62. The first kappa shape index (κ1) is 13.7. The van der Waals surface area contributed by atoms with Crippen LogP contribution in [0.1, 0.15) is 25.7 Å². The number of hydrogen-bond donors (Lipinski definition) is 0. The average molecular weight is 325 g/mol. The van der Waals surface area contributed by atoms with Crippen LogP contribution in [-0.2, 0) is 0 Å². The Bertz CT molecular complexity index is 239. The van der Waals surface area contributed by atoms with Crippen molar-refractivity contribution in [3.63, 3.8) is 0 Å². The van der Waals surface area contributed by atoms with Gasteiger partial charge in [-0.15, -0.1) is 0 Å². The van der Waals surface area contributed by atoms with E-state index in [9.17, 15) is 0 Å². The molecule has 0 radical (unpaired) electrons. The molecule has 0 nitrogen and oxygen atoms in total. The van der Waals surface area contributed by atoms with Gasteiger partial charge in [-0.25, -0.2) is 0 Å². The Hall–Kier alpha value is 1.75. The molecular weight excluding hydrogens is 304 g/mol. The van der Waals surface area contributed by atoms with E-state index in [1.807, 2.05) is 10.8 Å². The largest absolute Gasteiger partial charge is 0.157 e. The van der Waals surface area contributed by atoms with Gasteiger partial charge in [-0.3, -0.25) is 0 Å². The molecule has 1 saturated carbocycles. The van der Waals surface area contributed by atoms with Gasteiger partial charge in [-0.1, -0.05) is 28.0 Å². The fourth-order valence-electron chi connectivity index (χ4n) is 2.30. The number of rotatable bonds is 6. The molecule has 4 atom stereocenters. The van der Waals surface area contributed by atoms with Gasteiger partial charge in [0.05, 0.1) is 0 Å². The highest BCUT2D eigenvalue weighted by atomic mass is 33.1. The zero-order valence-electron chi connectivity index (χ0n) is 10.0. The van der Waals surface area contributed by atoms with Gasteiger partial charge < -0.3 is 0 Å². The van der Waals surface area contributed by atoms with Crippen molar-refractivity contribution in [3.8, 4) is 0 Å². The second kappa shape index (κ2) is 6.96. The first-order chi connectivity index (χ1) is 8.40. The lowest BCUT2D eigenvalue weighted by molar-refractivity contribution is 0.528. The van der Waals surface area contributed by atoms with E-state index in [2.05, 4.69) is 46.1 Å². The lowest BCUT2D eigenvalue weighted by Crippen LogP contribution is -2.23. The van der Waals surface area contributed by atoms with Gasteiger partial charge in [0.25, 0.3) is 0 Å². The van der Waals surface area contributed by atoms with Gasteiger partial charge in [0.1, 0.15) is 0 Å². The molecule has 2 aliphatic heterocycles. The van der Waals surface area contributed by atoms with E-state index < -0.39 is 0 Å². The normalized spacial score (nSPS) is 40.9. The smallest absolute Gasteiger partial charge is 0.0341 e. The van der Waals surface area contributed by atoms with E-state index in [-0.39, 0.29) is 0 Å². The highest BCUT2D eigenvalue weighted by molar-refractivity contribution is 8.79. The van der Waals surface area contributed by atoms with Gasteiger partial charge in [-0.05, 0) is 19.3 Å². The Labute approximate surface area is 126 Å². The summed E-state index contributed by atoms with van der Waals surface area (Å²) >= 11 is 6.72. The van der Waals surface area contributed by atoms with Crippen LogP contribution in [0, 0.1) is 0 Å². The Morgan fingerprint density at radius 2 is 1.59 bits per heavy atom. The Morgan fingerprint density at radius 1 is 0.941 bits per heavy atom. The molecule has 3 fully saturated rings. The predicted octanol–water partition coefficient (Wildman–Crippen LogP) is 4.64. The molecule has 4 unspecified atom stereocenters. The van der Waals surface area contributed by atoms with E-state index >= 15 is 0 Å². The van der Waals surface area contributed by atoms with E-state index in [1.165, 1.54) is 48.7 Å². The molecule has 2 saturated heterocycles. The maximum absolute atomic E-state index is 2.28. The van der Waals surface area contributed by atoms with Crippen LogP contribution in [0.5, 0.6) is 0 Å². The second-order valence-electron chi connectivity index (χ2n) is 5.04. The van der Waals surface area contributed by atoms with E-state index in [0.29, 0.717) is 0 Å². The molecule has 0 aromatic heterocycles. The van der Waals surface area contributed by atoms with Gasteiger partial charge in [0, 0.05) is 44.0 Å². The predicted molar refractivity (Wildman–Crippen MR) is 91.0 cm³/mol. The van der Waals surface area contributed by atoms with Crippen molar-refractivity contribution >= 4 is 56.9 Å². The van der Waals surface area contributed by atoms with Crippen LogP contribution in [0.2, 0.25) is 0 Å². The van der Waals surface area contributed by atoms with Crippen LogP contribution in [0.3, 0.4) is 0 Å². The molecule has 2 heterocycles.